The van der Waals surface area contributed by atoms with Crippen molar-refractivity contribution in [3.05, 3.63) is 41.2 Å². The third-order valence-corrected chi connectivity index (χ3v) is 2.97. The highest BCUT2D eigenvalue weighted by molar-refractivity contribution is 5.71. The average molecular weight is 225 g/mol. The second-order valence-corrected chi connectivity index (χ2v) is 4.50. The molecule has 1 heterocycles. The van der Waals surface area contributed by atoms with Crippen molar-refractivity contribution in [1.29, 1.82) is 5.26 Å². The molecule has 0 radical (unpaired) electrons. The maximum Gasteiger partial charge on any atom is 0.143 e. The molecule has 0 spiro atoms. The molecule has 0 saturated heterocycles. The molecule has 0 aliphatic heterocycles. The van der Waals surface area contributed by atoms with E-state index in [-0.39, 0.29) is 0 Å². The van der Waals surface area contributed by atoms with Gasteiger partial charge in [0.2, 0.25) is 0 Å². The minimum Gasteiger partial charge on any atom is -0.267 e. The zero-order valence-corrected chi connectivity index (χ0v) is 10.3. The van der Waals surface area contributed by atoms with Gasteiger partial charge < -0.3 is 0 Å². The summed E-state index contributed by atoms with van der Waals surface area (Å²) in [5.74, 6) is 0.479. The van der Waals surface area contributed by atoms with Gasteiger partial charge in [-0.2, -0.15) is 10.4 Å². The van der Waals surface area contributed by atoms with Crippen LogP contribution in [-0.4, -0.2) is 10.2 Å². The molecule has 2 aromatic rings. The van der Waals surface area contributed by atoms with Crippen LogP contribution in [0.2, 0.25) is 0 Å². The summed E-state index contributed by atoms with van der Waals surface area (Å²) in [4.78, 5) is 0. The van der Waals surface area contributed by atoms with Gasteiger partial charge in [0.05, 0.1) is 6.20 Å². The number of hydrogen-bond donors (Lipinski definition) is 1. The third-order valence-electron chi connectivity index (χ3n) is 2.97. The van der Waals surface area contributed by atoms with Crippen molar-refractivity contribution >= 4 is 0 Å². The monoisotopic (exact) mass is 225 g/mol. The summed E-state index contributed by atoms with van der Waals surface area (Å²) in [7, 11) is 0. The van der Waals surface area contributed by atoms with Crippen molar-refractivity contribution in [2.75, 3.05) is 0 Å². The minimum atomic E-state index is 0.479. The highest BCUT2D eigenvalue weighted by atomic mass is 15.1. The highest BCUT2D eigenvalue weighted by Gasteiger charge is 2.11. The lowest BCUT2D eigenvalue weighted by molar-refractivity contribution is 0.866. The summed E-state index contributed by atoms with van der Waals surface area (Å²) < 4.78 is 0. The maximum atomic E-state index is 9.02. The Bertz CT molecular complexity index is 573. The standard InChI is InChI=1S/C14H15N3/c1-9(2)11-5-4-10(3)12(6-11)13-8-16-17-14(13)7-15/h4-6,8-9H,1-3H3,(H,16,17). The molecule has 0 atom stereocenters. The van der Waals surface area contributed by atoms with Crippen molar-refractivity contribution in [1.82, 2.24) is 10.2 Å². The van der Waals surface area contributed by atoms with Gasteiger partial charge in [-0.25, -0.2) is 0 Å². The Labute approximate surface area is 101 Å². The number of rotatable bonds is 2. The largest absolute Gasteiger partial charge is 0.267 e. The average Bonchev–Trinajstić information content (AvgIpc) is 2.77. The molecule has 0 aliphatic rings. The first-order chi connectivity index (χ1) is 8.13. The Morgan fingerprint density at radius 3 is 2.71 bits per heavy atom. The molecule has 3 nitrogen and oxygen atoms in total. The van der Waals surface area contributed by atoms with E-state index in [2.05, 4.69) is 48.3 Å². The van der Waals surface area contributed by atoms with E-state index < -0.39 is 0 Å². The third kappa shape index (κ3) is 2.07. The number of benzene rings is 1. The van der Waals surface area contributed by atoms with Crippen LogP contribution in [0.15, 0.2) is 24.4 Å². The predicted molar refractivity (Wildman–Crippen MR) is 67.6 cm³/mol. The van der Waals surface area contributed by atoms with Crippen molar-refractivity contribution in [2.45, 2.75) is 26.7 Å². The van der Waals surface area contributed by atoms with Crippen LogP contribution in [0.25, 0.3) is 11.1 Å². The van der Waals surface area contributed by atoms with Gasteiger partial charge in [0, 0.05) is 5.56 Å². The number of aromatic amines is 1. The topological polar surface area (TPSA) is 52.5 Å². The highest BCUT2D eigenvalue weighted by Crippen LogP contribution is 2.28. The van der Waals surface area contributed by atoms with Gasteiger partial charge in [-0.15, -0.1) is 0 Å². The van der Waals surface area contributed by atoms with E-state index in [1.807, 2.05) is 6.92 Å². The molecule has 3 heteroatoms. The number of nitrogens with one attached hydrogen (secondary N) is 1. The quantitative estimate of drug-likeness (QED) is 0.851. The van der Waals surface area contributed by atoms with E-state index in [0.717, 1.165) is 16.7 Å². The molecule has 0 amide bonds. The Morgan fingerprint density at radius 1 is 1.29 bits per heavy atom. The summed E-state index contributed by atoms with van der Waals surface area (Å²) in [6.45, 7) is 6.37. The van der Waals surface area contributed by atoms with Crippen LogP contribution in [0.5, 0.6) is 0 Å². The van der Waals surface area contributed by atoms with E-state index in [1.54, 1.807) is 6.20 Å². The fourth-order valence-electron chi connectivity index (χ4n) is 1.86. The fraction of sp³-hybridized carbons (Fsp3) is 0.286. The molecule has 2 rings (SSSR count). The van der Waals surface area contributed by atoms with Crippen LogP contribution < -0.4 is 0 Å². The van der Waals surface area contributed by atoms with E-state index >= 15 is 0 Å². The molecule has 1 aromatic heterocycles. The first-order valence-electron chi connectivity index (χ1n) is 5.68. The Balaban J connectivity index is 2.59. The maximum absolute atomic E-state index is 9.02. The number of aromatic nitrogens is 2. The van der Waals surface area contributed by atoms with Gasteiger partial charge in [-0.1, -0.05) is 32.0 Å². The summed E-state index contributed by atoms with van der Waals surface area (Å²) >= 11 is 0. The lowest BCUT2D eigenvalue weighted by Gasteiger charge is -2.10. The number of aryl methyl sites for hydroxylation is 1. The second-order valence-electron chi connectivity index (χ2n) is 4.50. The summed E-state index contributed by atoms with van der Waals surface area (Å²) in [6.07, 6.45) is 1.71. The normalized spacial score (nSPS) is 10.5. The number of hydrogen-bond acceptors (Lipinski definition) is 2. The summed E-state index contributed by atoms with van der Waals surface area (Å²) in [6, 6.07) is 8.51. The van der Waals surface area contributed by atoms with Crippen molar-refractivity contribution in [2.24, 2.45) is 0 Å². The molecule has 1 N–H and O–H groups in total. The summed E-state index contributed by atoms with van der Waals surface area (Å²) in [5, 5.41) is 15.7. The van der Waals surface area contributed by atoms with Crippen molar-refractivity contribution in [3.8, 4) is 17.2 Å². The second kappa shape index (κ2) is 4.42. The van der Waals surface area contributed by atoms with E-state index in [0.29, 0.717) is 11.6 Å². The molecule has 0 unspecified atom stereocenters. The molecule has 0 saturated carbocycles. The van der Waals surface area contributed by atoms with Gasteiger partial charge in [0.15, 0.2) is 0 Å². The van der Waals surface area contributed by atoms with E-state index in [9.17, 15) is 0 Å². The zero-order valence-electron chi connectivity index (χ0n) is 10.3. The van der Waals surface area contributed by atoms with Gasteiger partial charge >= 0.3 is 0 Å². The Hall–Kier alpha value is -2.08. The zero-order chi connectivity index (χ0) is 12.4. The molecular weight excluding hydrogens is 210 g/mol. The smallest absolute Gasteiger partial charge is 0.143 e. The van der Waals surface area contributed by atoms with Crippen LogP contribution in [0.3, 0.4) is 0 Å². The van der Waals surface area contributed by atoms with Crippen LogP contribution in [0.1, 0.15) is 36.6 Å². The molecule has 0 aliphatic carbocycles. The molecule has 0 bridgehead atoms. The predicted octanol–water partition coefficient (Wildman–Crippen LogP) is 3.38. The first kappa shape index (κ1) is 11.4. The van der Waals surface area contributed by atoms with Gasteiger partial charge in [-0.3, -0.25) is 5.10 Å². The van der Waals surface area contributed by atoms with Crippen molar-refractivity contribution in [3.63, 3.8) is 0 Å². The van der Waals surface area contributed by atoms with Crippen LogP contribution in [-0.2, 0) is 0 Å². The van der Waals surface area contributed by atoms with Gasteiger partial charge in [0.1, 0.15) is 11.8 Å². The number of nitrogens with zero attached hydrogens (tertiary/aromatic N) is 2. The minimum absolute atomic E-state index is 0.479. The molecule has 86 valence electrons. The number of H-pyrrole nitrogens is 1. The van der Waals surface area contributed by atoms with Crippen LogP contribution in [0, 0.1) is 18.3 Å². The lowest BCUT2D eigenvalue weighted by Crippen LogP contribution is -1.91. The van der Waals surface area contributed by atoms with Crippen LogP contribution in [0.4, 0.5) is 0 Å². The molecule has 17 heavy (non-hydrogen) atoms. The van der Waals surface area contributed by atoms with E-state index in [4.69, 9.17) is 5.26 Å². The van der Waals surface area contributed by atoms with Gasteiger partial charge in [0.25, 0.3) is 0 Å². The Kier molecular flexibility index (Phi) is 2.97. The molecule has 1 aromatic carbocycles. The van der Waals surface area contributed by atoms with Crippen molar-refractivity contribution < 1.29 is 0 Å². The molecule has 0 fully saturated rings. The SMILES string of the molecule is Cc1ccc(C(C)C)cc1-c1cn[nH]c1C#N. The fourth-order valence-corrected chi connectivity index (χ4v) is 1.86. The summed E-state index contributed by atoms with van der Waals surface area (Å²) in [5.41, 5.74) is 4.92. The molecular formula is C14H15N3. The Morgan fingerprint density at radius 2 is 2.06 bits per heavy atom. The number of nitriles is 1. The first-order valence-corrected chi connectivity index (χ1v) is 5.68. The van der Waals surface area contributed by atoms with E-state index in [1.165, 1.54) is 5.56 Å². The van der Waals surface area contributed by atoms with Crippen LogP contribution >= 0.6 is 0 Å². The van der Waals surface area contributed by atoms with Gasteiger partial charge in [-0.05, 0) is 29.5 Å². The lowest BCUT2D eigenvalue weighted by atomic mass is 9.94.